The lowest BCUT2D eigenvalue weighted by Crippen LogP contribution is -2.32. The fourth-order valence-corrected chi connectivity index (χ4v) is 13.4. The number of hydrogen-bond acceptors (Lipinski definition) is 3. The zero-order valence-electron chi connectivity index (χ0n) is 32.0. The molecule has 0 radical (unpaired) electrons. The number of hydrogen-bond donors (Lipinski definition) is 0. The number of rotatable bonds is 3. The molecular weight excluding hydrogens is 751 g/mol. The van der Waals surface area contributed by atoms with Gasteiger partial charge >= 0.3 is 0 Å². The van der Waals surface area contributed by atoms with Crippen molar-refractivity contribution in [3.05, 3.63) is 257 Å². The quantitative estimate of drug-likeness (QED) is 0.176. The fraction of sp³-hybridized carbons (Fsp3) is 0.0357. The highest BCUT2D eigenvalue weighted by atomic mass is 32.2. The molecule has 0 amide bonds. The molecule has 13 rings (SSSR count). The van der Waals surface area contributed by atoms with Crippen molar-refractivity contribution in [2.24, 2.45) is 0 Å². The second-order valence-corrected chi connectivity index (χ2v) is 18.0. The van der Waals surface area contributed by atoms with Crippen LogP contribution in [-0.2, 0) is 10.8 Å². The van der Waals surface area contributed by atoms with E-state index in [1.807, 2.05) is 23.5 Å². The lowest BCUT2D eigenvalue weighted by Gasteiger charge is -2.40. The van der Waals surface area contributed by atoms with E-state index in [1.165, 1.54) is 92.0 Å². The Morgan fingerprint density at radius 2 is 0.712 bits per heavy atom. The van der Waals surface area contributed by atoms with E-state index in [9.17, 15) is 0 Å². The van der Waals surface area contributed by atoms with Gasteiger partial charge in [0, 0.05) is 36.5 Å². The Hall–Kier alpha value is -6.52. The summed E-state index contributed by atoms with van der Waals surface area (Å²) in [6, 6.07) is 79.8. The maximum Gasteiger partial charge on any atom is 0.0736 e. The van der Waals surface area contributed by atoms with E-state index in [4.69, 9.17) is 0 Å². The van der Waals surface area contributed by atoms with Crippen molar-refractivity contribution < 1.29 is 0 Å². The predicted octanol–water partition coefficient (Wildman–Crippen LogP) is 14.8. The highest BCUT2D eigenvalue weighted by Crippen LogP contribution is 2.65. The van der Waals surface area contributed by atoms with Gasteiger partial charge in [-0.2, -0.15) is 0 Å². The first kappa shape index (κ1) is 33.5. The van der Waals surface area contributed by atoms with Crippen molar-refractivity contribution in [2.45, 2.75) is 30.4 Å². The molecule has 0 atom stereocenters. The van der Waals surface area contributed by atoms with Crippen LogP contribution >= 0.6 is 23.5 Å². The molecule has 59 heavy (non-hydrogen) atoms. The van der Waals surface area contributed by atoms with Gasteiger partial charge in [0.05, 0.1) is 16.5 Å². The van der Waals surface area contributed by atoms with E-state index in [0.29, 0.717) is 0 Å². The van der Waals surface area contributed by atoms with E-state index in [-0.39, 0.29) is 0 Å². The van der Waals surface area contributed by atoms with Crippen LogP contribution in [-0.4, -0.2) is 0 Å². The molecule has 1 nitrogen and oxygen atoms in total. The summed E-state index contributed by atoms with van der Waals surface area (Å²) in [5, 5.41) is 0. The number of nitrogens with zero attached hydrogens (tertiary/aromatic N) is 1. The van der Waals surface area contributed by atoms with Gasteiger partial charge < -0.3 is 4.90 Å². The molecule has 0 bridgehead atoms. The van der Waals surface area contributed by atoms with Crippen molar-refractivity contribution in [2.75, 3.05) is 4.90 Å². The third kappa shape index (κ3) is 4.34. The average Bonchev–Trinajstić information content (AvgIpc) is 3.76. The van der Waals surface area contributed by atoms with Crippen LogP contribution in [0, 0.1) is 0 Å². The van der Waals surface area contributed by atoms with Gasteiger partial charge in [0.1, 0.15) is 0 Å². The van der Waals surface area contributed by atoms with Crippen LogP contribution in [0.25, 0.3) is 22.3 Å². The molecule has 3 heteroatoms. The Morgan fingerprint density at radius 1 is 0.288 bits per heavy atom. The normalized spacial score (nSPS) is 14.9. The topological polar surface area (TPSA) is 3.24 Å². The Labute approximate surface area is 353 Å². The summed E-state index contributed by atoms with van der Waals surface area (Å²) in [5.74, 6) is 0. The van der Waals surface area contributed by atoms with Crippen molar-refractivity contribution in [1.29, 1.82) is 0 Å². The smallest absolute Gasteiger partial charge is 0.0736 e. The minimum absolute atomic E-state index is 0.417. The van der Waals surface area contributed by atoms with Crippen LogP contribution in [0.15, 0.2) is 232 Å². The van der Waals surface area contributed by atoms with Crippen molar-refractivity contribution in [3.8, 4) is 22.3 Å². The molecule has 0 saturated heterocycles. The Morgan fingerprint density at radius 3 is 1.29 bits per heavy atom. The number of para-hydroxylation sites is 1. The van der Waals surface area contributed by atoms with Crippen molar-refractivity contribution in [1.82, 2.24) is 0 Å². The SMILES string of the molecule is c1ccc(N(c2ccc3c(c2)-c2ccccc2C32c3ccccc3Sc3ccccc32)c2cccc3c2-c2ccccc2C32c3ccccc3Sc3ccccc32)cc1. The van der Waals surface area contributed by atoms with Crippen LogP contribution in [0.5, 0.6) is 0 Å². The van der Waals surface area contributed by atoms with Crippen LogP contribution in [0.2, 0.25) is 0 Å². The average molecular weight is 786 g/mol. The first-order valence-electron chi connectivity index (χ1n) is 20.3. The second kappa shape index (κ2) is 12.5. The van der Waals surface area contributed by atoms with Gasteiger partial charge in [-0.25, -0.2) is 0 Å². The van der Waals surface area contributed by atoms with E-state index in [2.05, 4.69) is 217 Å². The largest absolute Gasteiger partial charge is 0.310 e. The molecule has 2 aliphatic heterocycles. The van der Waals surface area contributed by atoms with Gasteiger partial charge in [0.2, 0.25) is 0 Å². The highest BCUT2D eigenvalue weighted by Gasteiger charge is 2.52. The summed E-state index contributed by atoms with van der Waals surface area (Å²) in [5.41, 5.74) is 18.5. The van der Waals surface area contributed by atoms with Crippen molar-refractivity contribution >= 4 is 40.6 Å². The standard InChI is InChI=1S/C56H35NS2/c1-2-17-36(18-3-1)57(37-33-34-43-40(35-37)38-19-4-6-21-41(38)55(43)44-23-8-12-29-50(44)58-51-30-13-9-24-45(51)55)49-28-16-27-48-54(49)39-20-5-7-22-42(39)56(48)46-25-10-14-31-52(46)59-53-32-15-11-26-47(53)56/h1-35H. The minimum atomic E-state index is -0.453. The van der Waals surface area contributed by atoms with Gasteiger partial charge in [-0.1, -0.05) is 181 Å². The summed E-state index contributed by atoms with van der Waals surface area (Å²) >= 11 is 3.78. The van der Waals surface area contributed by atoms with Crippen LogP contribution in [0.4, 0.5) is 17.1 Å². The highest BCUT2D eigenvalue weighted by molar-refractivity contribution is 7.99. The summed E-state index contributed by atoms with van der Waals surface area (Å²) in [7, 11) is 0. The van der Waals surface area contributed by atoms with Gasteiger partial charge in [0.15, 0.2) is 0 Å². The van der Waals surface area contributed by atoms with Gasteiger partial charge in [-0.05, 0) is 116 Å². The van der Waals surface area contributed by atoms with Crippen LogP contribution < -0.4 is 4.90 Å². The molecule has 9 aromatic carbocycles. The second-order valence-electron chi connectivity index (χ2n) is 15.9. The molecule has 9 aromatic rings. The maximum absolute atomic E-state index is 2.51. The molecule has 0 N–H and O–H groups in total. The molecule has 0 unspecified atom stereocenters. The lowest BCUT2D eigenvalue weighted by atomic mass is 9.67. The number of benzene rings is 9. The molecule has 2 spiro atoms. The number of fused-ring (bicyclic) bond motifs is 18. The molecule has 2 aliphatic carbocycles. The Balaban J connectivity index is 1.09. The van der Waals surface area contributed by atoms with Gasteiger partial charge in [-0.3, -0.25) is 0 Å². The molecule has 4 aliphatic rings. The zero-order chi connectivity index (χ0) is 38.7. The molecule has 2 heterocycles. The van der Waals surface area contributed by atoms with Crippen LogP contribution in [0.3, 0.4) is 0 Å². The molecular formula is C56H35NS2. The Kier molecular flexibility index (Phi) is 7.08. The monoisotopic (exact) mass is 785 g/mol. The van der Waals surface area contributed by atoms with Crippen LogP contribution in [0.1, 0.15) is 44.5 Å². The third-order valence-electron chi connectivity index (χ3n) is 13.2. The molecule has 0 aromatic heterocycles. The fourth-order valence-electron chi connectivity index (χ4n) is 11.1. The summed E-state index contributed by atoms with van der Waals surface area (Å²) in [4.78, 5) is 7.78. The molecule has 276 valence electrons. The summed E-state index contributed by atoms with van der Waals surface area (Å²) in [6.07, 6.45) is 0. The predicted molar refractivity (Wildman–Crippen MR) is 244 cm³/mol. The summed E-state index contributed by atoms with van der Waals surface area (Å²) < 4.78 is 0. The van der Waals surface area contributed by atoms with E-state index < -0.39 is 10.8 Å². The first-order valence-corrected chi connectivity index (χ1v) is 22.0. The van der Waals surface area contributed by atoms with E-state index in [1.54, 1.807) is 0 Å². The Bertz CT molecular complexity index is 3110. The minimum Gasteiger partial charge on any atom is -0.310 e. The zero-order valence-corrected chi connectivity index (χ0v) is 33.6. The van der Waals surface area contributed by atoms with Crippen molar-refractivity contribution in [3.63, 3.8) is 0 Å². The van der Waals surface area contributed by atoms with Gasteiger partial charge in [-0.15, -0.1) is 0 Å². The maximum atomic E-state index is 2.51. The number of anilines is 3. The summed E-state index contributed by atoms with van der Waals surface area (Å²) in [6.45, 7) is 0. The molecule has 0 fully saturated rings. The van der Waals surface area contributed by atoms with E-state index in [0.717, 1.165) is 11.4 Å². The third-order valence-corrected chi connectivity index (χ3v) is 15.5. The lowest BCUT2D eigenvalue weighted by molar-refractivity contribution is 0.722. The molecule has 0 saturated carbocycles. The van der Waals surface area contributed by atoms with Gasteiger partial charge in [0.25, 0.3) is 0 Å². The first-order chi connectivity index (χ1) is 29.3. The van der Waals surface area contributed by atoms with E-state index >= 15 is 0 Å².